The van der Waals surface area contributed by atoms with Crippen molar-refractivity contribution in [2.75, 3.05) is 5.32 Å². The molecule has 0 amide bonds. The molecule has 0 spiro atoms. The Hall–Kier alpha value is -1.33. The summed E-state index contributed by atoms with van der Waals surface area (Å²) in [6.45, 7) is 8.76. The van der Waals surface area contributed by atoms with Gasteiger partial charge in [0.1, 0.15) is 5.02 Å². The molecule has 1 unspecified atom stereocenters. The predicted molar refractivity (Wildman–Crippen MR) is 89.4 cm³/mol. The highest BCUT2D eigenvalue weighted by Gasteiger charge is 2.14. The van der Waals surface area contributed by atoms with Crippen LogP contribution in [0.5, 0.6) is 0 Å². The molecule has 0 radical (unpaired) electrons. The molecular weight excluding hydrogens is 306 g/mol. The zero-order chi connectivity index (χ0) is 15.6. The second-order valence-electron chi connectivity index (χ2n) is 5.57. The monoisotopic (exact) mass is 325 g/mol. The van der Waals surface area contributed by atoms with Crippen molar-refractivity contribution in [3.63, 3.8) is 0 Å². The first-order valence-corrected chi connectivity index (χ1v) is 8.16. The van der Waals surface area contributed by atoms with Gasteiger partial charge in [-0.25, -0.2) is 4.68 Å². The molecule has 114 valence electrons. The van der Waals surface area contributed by atoms with Crippen LogP contribution in [0.3, 0.4) is 0 Å². The first-order chi connectivity index (χ1) is 9.88. The topological polar surface area (TPSA) is 46.9 Å². The Kier molecular flexibility index (Phi) is 5.06. The van der Waals surface area contributed by atoms with Crippen molar-refractivity contribution in [2.24, 2.45) is 5.92 Å². The van der Waals surface area contributed by atoms with Crippen molar-refractivity contribution in [2.45, 2.75) is 40.3 Å². The number of halogens is 1. The van der Waals surface area contributed by atoms with Crippen LogP contribution in [0.25, 0.3) is 0 Å². The number of rotatable bonds is 5. The van der Waals surface area contributed by atoms with E-state index < -0.39 is 0 Å². The third-order valence-electron chi connectivity index (χ3n) is 3.08. The van der Waals surface area contributed by atoms with Gasteiger partial charge in [0.25, 0.3) is 5.56 Å². The third-order valence-corrected chi connectivity index (χ3v) is 4.63. The van der Waals surface area contributed by atoms with E-state index in [4.69, 9.17) is 11.6 Å². The summed E-state index contributed by atoms with van der Waals surface area (Å²) in [6, 6.07) is 4.25. The van der Waals surface area contributed by atoms with Gasteiger partial charge in [-0.2, -0.15) is 5.10 Å². The van der Waals surface area contributed by atoms with Crippen molar-refractivity contribution in [3.05, 3.63) is 43.5 Å². The summed E-state index contributed by atoms with van der Waals surface area (Å²) in [6.07, 6.45) is 1.63. The maximum Gasteiger partial charge on any atom is 0.287 e. The van der Waals surface area contributed by atoms with Crippen LogP contribution in [-0.2, 0) is 6.54 Å². The number of anilines is 1. The quantitative estimate of drug-likeness (QED) is 0.900. The summed E-state index contributed by atoms with van der Waals surface area (Å²) < 4.78 is 1.41. The number of thiophene rings is 1. The van der Waals surface area contributed by atoms with Crippen LogP contribution in [0.2, 0.25) is 5.02 Å². The second kappa shape index (κ2) is 6.62. The van der Waals surface area contributed by atoms with E-state index in [1.807, 2.05) is 20.8 Å². The maximum absolute atomic E-state index is 12.2. The molecule has 2 heterocycles. The SMILES string of the molecule is Cc1ccc(C(C)Nc2cnn(CC(C)C)c(=O)c2Cl)s1. The molecule has 0 bridgehead atoms. The molecule has 2 aromatic rings. The van der Waals surface area contributed by atoms with E-state index in [0.29, 0.717) is 18.2 Å². The smallest absolute Gasteiger partial charge is 0.287 e. The molecule has 0 aliphatic heterocycles. The Bertz CT molecular complexity index is 678. The van der Waals surface area contributed by atoms with Gasteiger partial charge in [0.15, 0.2) is 0 Å². The van der Waals surface area contributed by atoms with E-state index in [9.17, 15) is 4.79 Å². The summed E-state index contributed by atoms with van der Waals surface area (Å²) in [5.74, 6) is 0.345. The Morgan fingerprint density at radius 1 is 1.38 bits per heavy atom. The average molecular weight is 326 g/mol. The van der Waals surface area contributed by atoms with E-state index in [1.165, 1.54) is 14.4 Å². The molecule has 0 aliphatic rings. The van der Waals surface area contributed by atoms with E-state index in [0.717, 1.165) is 0 Å². The summed E-state index contributed by atoms with van der Waals surface area (Å²) in [4.78, 5) is 14.6. The largest absolute Gasteiger partial charge is 0.375 e. The Morgan fingerprint density at radius 2 is 2.10 bits per heavy atom. The van der Waals surface area contributed by atoms with Crippen LogP contribution in [0.4, 0.5) is 5.69 Å². The Balaban J connectivity index is 2.21. The van der Waals surface area contributed by atoms with Crippen LogP contribution in [-0.4, -0.2) is 9.78 Å². The minimum Gasteiger partial charge on any atom is -0.375 e. The van der Waals surface area contributed by atoms with Crippen LogP contribution in [0.15, 0.2) is 23.1 Å². The molecule has 0 aromatic carbocycles. The van der Waals surface area contributed by atoms with Gasteiger partial charge in [-0.15, -0.1) is 11.3 Å². The van der Waals surface area contributed by atoms with Crippen molar-refractivity contribution < 1.29 is 0 Å². The molecule has 0 saturated heterocycles. The van der Waals surface area contributed by atoms with E-state index in [1.54, 1.807) is 17.5 Å². The fraction of sp³-hybridized carbons (Fsp3) is 0.467. The Labute approximate surface area is 133 Å². The highest BCUT2D eigenvalue weighted by Crippen LogP contribution is 2.27. The molecule has 4 nitrogen and oxygen atoms in total. The van der Waals surface area contributed by atoms with E-state index >= 15 is 0 Å². The number of hydrogen-bond donors (Lipinski definition) is 1. The summed E-state index contributed by atoms with van der Waals surface area (Å²) in [5.41, 5.74) is 0.338. The number of aryl methyl sites for hydroxylation is 1. The standard InChI is InChI=1S/C15H20ClN3OS/c1-9(2)8-19-15(20)14(16)12(7-17-19)18-11(4)13-6-5-10(3)21-13/h5-7,9,11,18H,8H2,1-4H3. The molecule has 1 atom stereocenters. The van der Waals surface area contributed by atoms with Gasteiger partial charge in [-0.05, 0) is 31.9 Å². The van der Waals surface area contributed by atoms with Crippen molar-refractivity contribution >= 4 is 28.6 Å². The van der Waals surface area contributed by atoms with Crippen LogP contribution in [0.1, 0.15) is 36.6 Å². The second-order valence-corrected chi connectivity index (χ2v) is 7.27. The van der Waals surface area contributed by atoms with Crippen LogP contribution in [0, 0.1) is 12.8 Å². The molecule has 21 heavy (non-hydrogen) atoms. The lowest BCUT2D eigenvalue weighted by Gasteiger charge is -2.15. The third kappa shape index (κ3) is 3.86. The fourth-order valence-electron chi connectivity index (χ4n) is 2.03. The average Bonchev–Trinajstić information content (AvgIpc) is 2.84. The molecule has 0 aliphatic carbocycles. The first kappa shape index (κ1) is 16.0. The van der Waals surface area contributed by atoms with Gasteiger partial charge >= 0.3 is 0 Å². The molecular formula is C15H20ClN3OS. The van der Waals surface area contributed by atoms with Gasteiger partial charge in [-0.1, -0.05) is 25.4 Å². The van der Waals surface area contributed by atoms with E-state index in [-0.39, 0.29) is 16.6 Å². The molecule has 6 heteroatoms. The highest BCUT2D eigenvalue weighted by molar-refractivity contribution is 7.12. The fourth-order valence-corrected chi connectivity index (χ4v) is 3.11. The lowest BCUT2D eigenvalue weighted by molar-refractivity contribution is 0.464. The Morgan fingerprint density at radius 3 is 2.67 bits per heavy atom. The first-order valence-electron chi connectivity index (χ1n) is 6.97. The van der Waals surface area contributed by atoms with Gasteiger partial charge in [0.05, 0.1) is 17.9 Å². The van der Waals surface area contributed by atoms with Gasteiger partial charge in [0, 0.05) is 16.3 Å². The molecule has 0 saturated carbocycles. The van der Waals surface area contributed by atoms with Gasteiger partial charge in [0.2, 0.25) is 0 Å². The number of aromatic nitrogens is 2. The lowest BCUT2D eigenvalue weighted by Crippen LogP contribution is -2.26. The number of nitrogens with zero attached hydrogens (tertiary/aromatic N) is 2. The summed E-state index contributed by atoms with van der Waals surface area (Å²) in [5, 5.41) is 7.66. The zero-order valence-electron chi connectivity index (χ0n) is 12.7. The van der Waals surface area contributed by atoms with Crippen molar-refractivity contribution in [3.8, 4) is 0 Å². The number of nitrogens with one attached hydrogen (secondary N) is 1. The normalized spacial score (nSPS) is 12.7. The molecule has 0 fully saturated rings. The predicted octanol–water partition coefficient (Wildman–Crippen LogP) is 4.10. The minimum atomic E-state index is -0.245. The van der Waals surface area contributed by atoms with Crippen LogP contribution >= 0.6 is 22.9 Å². The lowest BCUT2D eigenvalue weighted by atomic mass is 10.2. The van der Waals surface area contributed by atoms with Crippen molar-refractivity contribution in [1.82, 2.24) is 9.78 Å². The summed E-state index contributed by atoms with van der Waals surface area (Å²) >= 11 is 7.91. The van der Waals surface area contributed by atoms with E-state index in [2.05, 4.69) is 29.5 Å². The zero-order valence-corrected chi connectivity index (χ0v) is 14.3. The molecule has 2 aromatic heterocycles. The maximum atomic E-state index is 12.2. The van der Waals surface area contributed by atoms with Crippen molar-refractivity contribution in [1.29, 1.82) is 0 Å². The summed E-state index contributed by atoms with van der Waals surface area (Å²) in [7, 11) is 0. The van der Waals surface area contributed by atoms with Gasteiger partial charge in [-0.3, -0.25) is 4.79 Å². The number of hydrogen-bond acceptors (Lipinski definition) is 4. The van der Waals surface area contributed by atoms with Gasteiger partial charge < -0.3 is 5.32 Å². The molecule has 1 N–H and O–H groups in total. The minimum absolute atomic E-state index is 0.0864. The molecule has 2 rings (SSSR count). The highest BCUT2D eigenvalue weighted by atomic mass is 35.5. The van der Waals surface area contributed by atoms with Crippen LogP contribution < -0.4 is 10.9 Å².